The predicted molar refractivity (Wildman–Crippen MR) is 79.4 cm³/mol. The summed E-state index contributed by atoms with van der Waals surface area (Å²) >= 11 is 1.51. The van der Waals surface area contributed by atoms with Gasteiger partial charge in [-0.2, -0.15) is 0 Å². The molecule has 2 N–H and O–H groups in total. The number of rotatable bonds is 7. The maximum atomic E-state index is 12.2. The van der Waals surface area contributed by atoms with Crippen molar-refractivity contribution in [3.05, 3.63) is 35.0 Å². The molecule has 0 bridgehead atoms. The molecule has 0 radical (unpaired) electrons. The molecule has 0 unspecified atom stereocenters. The van der Waals surface area contributed by atoms with Crippen LogP contribution in [0, 0.1) is 0 Å². The van der Waals surface area contributed by atoms with Crippen LogP contribution in [0.3, 0.4) is 0 Å². The van der Waals surface area contributed by atoms with Gasteiger partial charge in [-0.1, -0.05) is 0 Å². The van der Waals surface area contributed by atoms with Gasteiger partial charge < -0.3 is 5.32 Å². The third kappa shape index (κ3) is 3.75. The minimum atomic E-state index is -3.56. The van der Waals surface area contributed by atoms with Crippen LogP contribution in [0.4, 0.5) is 5.69 Å². The molecule has 0 amide bonds. The SMILES string of the molecule is CCNc1ccncc1S(=O)(=O)NCCc1nccs1. The van der Waals surface area contributed by atoms with Gasteiger partial charge in [-0.25, -0.2) is 18.1 Å². The molecule has 0 atom stereocenters. The molecule has 6 nitrogen and oxygen atoms in total. The van der Waals surface area contributed by atoms with E-state index in [0.29, 0.717) is 25.2 Å². The van der Waals surface area contributed by atoms with E-state index in [1.807, 2.05) is 12.3 Å². The molecule has 0 aromatic carbocycles. The molecule has 8 heteroatoms. The Hall–Kier alpha value is -1.51. The first-order chi connectivity index (χ1) is 9.63. The summed E-state index contributed by atoms with van der Waals surface area (Å²) in [4.78, 5) is 8.16. The van der Waals surface area contributed by atoms with Crippen LogP contribution in [0.2, 0.25) is 0 Å². The number of hydrogen-bond acceptors (Lipinski definition) is 6. The zero-order valence-corrected chi connectivity index (χ0v) is 12.7. The molecule has 108 valence electrons. The Morgan fingerprint density at radius 3 is 2.90 bits per heavy atom. The number of pyridine rings is 1. The molecule has 2 aromatic rings. The van der Waals surface area contributed by atoms with Crippen molar-refractivity contribution in [2.75, 3.05) is 18.4 Å². The van der Waals surface area contributed by atoms with Crippen LogP contribution < -0.4 is 10.0 Å². The van der Waals surface area contributed by atoms with Crippen LogP contribution in [-0.2, 0) is 16.4 Å². The lowest BCUT2D eigenvalue weighted by atomic mass is 10.4. The summed E-state index contributed by atoms with van der Waals surface area (Å²) in [5.41, 5.74) is 0.559. The van der Waals surface area contributed by atoms with Gasteiger partial charge in [0.05, 0.1) is 10.7 Å². The number of aromatic nitrogens is 2. The summed E-state index contributed by atoms with van der Waals surface area (Å²) in [6, 6.07) is 1.65. The fourth-order valence-electron chi connectivity index (χ4n) is 1.68. The van der Waals surface area contributed by atoms with Crippen LogP contribution in [0.5, 0.6) is 0 Å². The summed E-state index contributed by atoms with van der Waals surface area (Å²) in [6.45, 7) is 2.87. The molecule has 0 spiro atoms. The molecule has 0 aliphatic heterocycles. The summed E-state index contributed by atoms with van der Waals surface area (Å²) in [7, 11) is -3.56. The molecule has 20 heavy (non-hydrogen) atoms. The Morgan fingerprint density at radius 2 is 2.20 bits per heavy atom. The second-order valence-electron chi connectivity index (χ2n) is 3.98. The minimum absolute atomic E-state index is 0.168. The van der Waals surface area contributed by atoms with E-state index >= 15 is 0 Å². The number of sulfonamides is 1. The van der Waals surface area contributed by atoms with Gasteiger partial charge in [-0.3, -0.25) is 4.98 Å². The first kappa shape index (κ1) is 14.9. The maximum absolute atomic E-state index is 12.2. The number of anilines is 1. The Bertz CT molecular complexity index is 641. The highest BCUT2D eigenvalue weighted by Gasteiger charge is 2.18. The average Bonchev–Trinajstić information content (AvgIpc) is 2.92. The standard InChI is InChI=1S/C12H16N4O2S2/c1-2-14-10-3-5-13-9-11(10)20(17,18)16-6-4-12-15-7-8-19-12/h3,5,7-9,16H,2,4,6H2,1H3,(H,13,14). The van der Waals surface area contributed by atoms with Crippen molar-refractivity contribution >= 4 is 27.0 Å². The highest BCUT2D eigenvalue weighted by atomic mass is 32.2. The fourth-order valence-corrected chi connectivity index (χ4v) is 3.45. The lowest BCUT2D eigenvalue weighted by molar-refractivity contribution is 0.581. The molecule has 2 aromatic heterocycles. The maximum Gasteiger partial charge on any atom is 0.244 e. The normalized spacial score (nSPS) is 11.4. The van der Waals surface area contributed by atoms with Gasteiger partial charge in [0.2, 0.25) is 10.0 Å². The van der Waals surface area contributed by atoms with Gasteiger partial charge >= 0.3 is 0 Å². The van der Waals surface area contributed by atoms with Crippen molar-refractivity contribution in [2.45, 2.75) is 18.2 Å². The summed E-state index contributed by atoms with van der Waals surface area (Å²) in [5.74, 6) is 0. The van der Waals surface area contributed by atoms with Gasteiger partial charge in [-0.05, 0) is 13.0 Å². The van der Waals surface area contributed by atoms with Crippen molar-refractivity contribution in [3.8, 4) is 0 Å². The lowest BCUT2D eigenvalue weighted by Crippen LogP contribution is -2.27. The Balaban J connectivity index is 2.06. The van der Waals surface area contributed by atoms with E-state index in [-0.39, 0.29) is 4.90 Å². The first-order valence-corrected chi connectivity index (χ1v) is 8.55. The van der Waals surface area contributed by atoms with Gasteiger partial charge in [0.15, 0.2) is 0 Å². The second-order valence-corrected chi connectivity index (χ2v) is 6.69. The molecule has 0 aliphatic carbocycles. The molecule has 0 aliphatic rings. The molecule has 0 saturated carbocycles. The van der Waals surface area contributed by atoms with Crippen LogP contribution in [0.1, 0.15) is 11.9 Å². The topological polar surface area (TPSA) is 84.0 Å². The van der Waals surface area contributed by atoms with E-state index in [4.69, 9.17) is 0 Å². The largest absolute Gasteiger partial charge is 0.384 e. The number of thiazole rings is 1. The van der Waals surface area contributed by atoms with Gasteiger partial charge in [0, 0.05) is 43.5 Å². The number of nitrogens with one attached hydrogen (secondary N) is 2. The molecule has 2 heterocycles. The zero-order valence-electron chi connectivity index (χ0n) is 11.0. The van der Waals surface area contributed by atoms with Crippen molar-refractivity contribution < 1.29 is 8.42 Å². The van der Waals surface area contributed by atoms with Crippen LogP contribution in [0.15, 0.2) is 34.9 Å². The lowest BCUT2D eigenvalue weighted by Gasteiger charge is -2.11. The van der Waals surface area contributed by atoms with E-state index in [1.165, 1.54) is 17.5 Å². The number of hydrogen-bond donors (Lipinski definition) is 2. The average molecular weight is 312 g/mol. The highest BCUT2D eigenvalue weighted by molar-refractivity contribution is 7.89. The minimum Gasteiger partial charge on any atom is -0.384 e. The van der Waals surface area contributed by atoms with E-state index in [1.54, 1.807) is 18.5 Å². The predicted octanol–water partition coefficient (Wildman–Crippen LogP) is 1.49. The first-order valence-electron chi connectivity index (χ1n) is 6.19. The molecule has 0 fully saturated rings. The Kier molecular flexibility index (Phi) is 5.05. The molecular formula is C12H16N4O2S2. The summed E-state index contributed by atoms with van der Waals surface area (Å²) in [5, 5.41) is 5.79. The van der Waals surface area contributed by atoms with Crippen molar-refractivity contribution in [2.24, 2.45) is 0 Å². The van der Waals surface area contributed by atoms with Crippen molar-refractivity contribution in [1.82, 2.24) is 14.7 Å². The monoisotopic (exact) mass is 312 g/mol. The molecule has 0 saturated heterocycles. The van der Waals surface area contributed by atoms with Crippen molar-refractivity contribution in [1.29, 1.82) is 0 Å². The van der Waals surface area contributed by atoms with Gasteiger partial charge in [-0.15, -0.1) is 11.3 Å². The van der Waals surface area contributed by atoms with Gasteiger partial charge in [0.25, 0.3) is 0 Å². The Morgan fingerprint density at radius 1 is 1.35 bits per heavy atom. The van der Waals surface area contributed by atoms with Crippen LogP contribution in [-0.4, -0.2) is 31.5 Å². The third-order valence-electron chi connectivity index (χ3n) is 2.56. The Labute approximate surface area is 122 Å². The van der Waals surface area contributed by atoms with E-state index in [9.17, 15) is 8.42 Å². The van der Waals surface area contributed by atoms with Crippen molar-refractivity contribution in [3.63, 3.8) is 0 Å². The van der Waals surface area contributed by atoms with E-state index in [0.717, 1.165) is 5.01 Å². The second kappa shape index (κ2) is 6.78. The van der Waals surface area contributed by atoms with Gasteiger partial charge in [0.1, 0.15) is 4.90 Å². The summed E-state index contributed by atoms with van der Waals surface area (Å²) in [6.07, 6.45) is 5.20. The van der Waals surface area contributed by atoms with E-state index in [2.05, 4.69) is 20.0 Å². The third-order valence-corrected chi connectivity index (χ3v) is 4.88. The number of nitrogens with zero attached hydrogens (tertiary/aromatic N) is 2. The van der Waals surface area contributed by atoms with Crippen LogP contribution in [0.25, 0.3) is 0 Å². The highest BCUT2D eigenvalue weighted by Crippen LogP contribution is 2.19. The fraction of sp³-hybridized carbons (Fsp3) is 0.333. The molecular weight excluding hydrogens is 296 g/mol. The summed E-state index contributed by atoms with van der Waals surface area (Å²) < 4.78 is 27.1. The quantitative estimate of drug-likeness (QED) is 0.809. The smallest absolute Gasteiger partial charge is 0.244 e. The zero-order chi connectivity index (χ0) is 14.4. The van der Waals surface area contributed by atoms with Crippen LogP contribution >= 0.6 is 11.3 Å². The molecule has 2 rings (SSSR count). The van der Waals surface area contributed by atoms with E-state index < -0.39 is 10.0 Å².